The predicted octanol–water partition coefficient (Wildman–Crippen LogP) is 3.32. The quantitative estimate of drug-likeness (QED) is 0.324. The van der Waals surface area contributed by atoms with Gasteiger partial charge >= 0.3 is 5.97 Å². The maximum atomic E-state index is 10.5. The fraction of sp³-hybridized carbons (Fsp3) is 0.609. The molecule has 1 aliphatic carbocycles. The molecule has 0 bridgehead atoms. The molecule has 0 amide bonds. The average Bonchev–Trinajstić information content (AvgIpc) is 2.95. The van der Waals surface area contributed by atoms with Gasteiger partial charge in [-0.3, -0.25) is 4.79 Å². The lowest BCUT2D eigenvalue weighted by Crippen LogP contribution is -2.27. The third-order valence-corrected chi connectivity index (χ3v) is 5.79. The predicted molar refractivity (Wildman–Crippen MR) is 109 cm³/mol. The number of aryl methyl sites for hydroxylation is 1. The van der Waals surface area contributed by atoms with Crippen LogP contribution in [0.15, 0.2) is 42.5 Å². The van der Waals surface area contributed by atoms with Gasteiger partial charge in [-0.2, -0.15) is 0 Å². The lowest BCUT2D eigenvalue weighted by Gasteiger charge is -2.22. The zero-order chi connectivity index (χ0) is 20.4. The zero-order valence-corrected chi connectivity index (χ0v) is 16.5. The monoisotopic (exact) mass is 390 g/mol. The van der Waals surface area contributed by atoms with Crippen molar-refractivity contribution in [1.82, 2.24) is 0 Å². The van der Waals surface area contributed by atoms with E-state index in [0.29, 0.717) is 32.1 Å². The molecular weight excluding hydrogens is 356 g/mol. The summed E-state index contributed by atoms with van der Waals surface area (Å²) in [5.41, 5.74) is 1.21. The van der Waals surface area contributed by atoms with E-state index in [0.717, 1.165) is 19.3 Å². The van der Waals surface area contributed by atoms with Crippen molar-refractivity contribution in [1.29, 1.82) is 0 Å². The fourth-order valence-electron chi connectivity index (χ4n) is 4.13. The van der Waals surface area contributed by atoms with Crippen molar-refractivity contribution in [3.05, 3.63) is 48.0 Å². The molecule has 5 heteroatoms. The molecule has 1 aromatic carbocycles. The lowest BCUT2D eigenvalue weighted by atomic mass is 9.86. The summed E-state index contributed by atoms with van der Waals surface area (Å²) in [5, 5.41) is 39.3. The molecule has 2 rings (SSSR count). The highest BCUT2D eigenvalue weighted by Crippen LogP contribution is 2.38. The van der Waals surface area contributed by atoms with E-state index in [1.54, 1.807) is 0 Å². The van der Waals surface area contributed by atoms with Crippen molar-refractivity contribution >= 4 is 5.97 Å². The van der Waals surface area contributed by atoms with Gasteiger partial charge in [-0.15, -0.1) is 0 Å². The van der Waals surface area contributed by atoms with Crippen LogP contribution in [-0.4, -0.2) is 44.7 Å². The Hall–Kier alpha value is -1.69. The Morgan fingerprint density at radius 1 is 1.14 bits per heavy atom. The van der Waals surface area contributed by atoms with Crippen molar-refractivity contribution in [2.45, 2.75) is 76.1 Å². The van der Waals surface area contributed by atoms with Crippen LogP contribution in [0.4, 0.5) is 0 Å². The van der Waals surface area contributed by atoms with E-state index < -0.39 is 24.3 Å². The maximum absolute atomic E-state index is 10.5. The van der Waals surface area contributed by atoms with Gasteiger partial charge in [-0.1, -0.05) is 42.5 Å². The molecule has 0 saturated heterocycles. The molecule has 1 unspecified atom stereocenters. The van der Waals surface area contributed by atoms with Crippen molar-refractivity contribution in [2.24, 2.45) is 11.8 Å². The summed E-state index contributed by atoms with van der Waals surface area (Å²) in [6.07, 6.45) is 7.93. The molecule has 4 N–H and O–H groups in total. The standard InChI is InChI=1S/C23H34O5/c24-19(13-12-17-8-4-3-5-9-17)14-15-20-18(16-21(25)23(20)28)10-6-1-2-7-11-22(26)27/h1,3-6,8-9,18-21,23-25,28H,2,7,10-16H2,(H,26,27)/t18-,19+,20-,21?,23-/m1/s1. The molecule has 0 aromatic heterocycles. The summed E-state index contributed by atoms with van der Waals surface area (Å²) in [4.78, 5) is 10.5. The van der Waals surface area contributed by atoms with Crippen molar-refractivity contribution in [3.8, 4) is 0 Å². The SMILES string of the molecule is O=C(O)CCCC=CC[C@@H]1CC(O)[C@H](O)[C@@H]1CC[C@@H](O)CCc1ccccc1. The van der Waals surface area contributed by atoms with E-state index in [-0.39, 0.29) is 18.3 Å². The second kappa shape index (κ2) is 12.0. The van der Waals surface area contributed by atoms with Gasteiger partial charge in [0.2, 0.25) is 0 Å². The summed E-state index contributed by atoms with van der Waals surface area (Å²) in [6.45, 7) is 0. The Labute approximate surface area is 167 Å². The van der Waals surface area contributed by atoms with Crippen LogP contribution in [0.25, 0.3) is 0 Å². The van der Waals surface area contributed by atoms with E-state index in [1.807, 2.05) is 30.4 Å². The number of rotatable bonds is 12. The Balaban J connectivity index is 1.73. The molecule has 0 spiro atoms. The van der Waals surface area contributed by atoms with Gasteiger partial charge in [0, 0.05) is 6.42 Å². The summed E-state index contributed by atoms with van der Waals surface area (Å²) in [6, 6.07) is 10.1. The minimum Gasteiger partial charge on any atom is -0.481 e. The van der Waals surface area contributed by atoms with Gasteiger partial charge in [-0.25, -0.2) is 0 Å². The van der Waals surface area contributed by atoms with Crippen LogP contribution in [0.1, 0.15) is 56.9 Å². The normalized spacial score (nSPS) is 26.0. The van der Waals surface area contributed by atoms with E-state index in [2.05, 4.69) is 12.1 Å². The van der Waals surface area contributed by atoms with Crippen LogP contribution < -0.4 is 0 Å². The Morgan fingerprint density at radius 3 is 2.61 bits per heavy atom. The van der Waals surface area contributed by atoms with E-state index in [9.17, 15) is 20.1 Å². The smallest absolute Gasteiger partial charge is 0.303 e. The Morgan fingerprint density at radius 2 is 1.89 bits per heavy atom. The van der Waals surface area contributed by atoms with Crippen LogP contribution in [0.3, 0.4) is 0 Å². The first-order chi connectivity index (χ1) is 13.5. The molecule has 28 heavy (non-hydrogen) atoms. The number of aliphatic hydroxyl groups excluding tert-OH is 3. The van der Waals surface area contributed by atoms with Gasteiger partial charge in [0.25, 0.3) is 0 Å². The number of hydrogen-bond acceptors (Lipinski definition) is 4. The summed E-state index contributed by atoms with van der Waals surface area (Å²) < 4.78 is 0. The second-order valence-corrected chi connectivity index (χ2v) is 7.97. The number of carboxylic acids is 1. The molecule has 5 nitrogen and oxygen atoms in total. The van der Waals surface area contributed by atoms with E-state index >= 15 is 0 Å². The highest BCUT2D eigenvalue weighted by Gasteiger charge is 2.40. The molecule has 1 saturated carbocycles. The molecular formula is C23H34O5. The molecule has 1 fully saturated rings. The van der Waals surface area contributed by atoms with Crippen LogP contribution in [0, 0.1) is 11.8 Å². The molecule has 1 aromatic rings. The van der Waals surface area contributed by atoms with Crippen LogP contribution in [0.2, 0.25) is 0 Å². The number of allylic oxidation sites excluding steroid dienone is 2. The summed E-state index contributed by atoms with van der Waals surface area (Å²) in [7, 11) is 0. The highest BCUT2D eigenvalue weighted by atomic mass is 16.4. The van der Waals surface area contributed by atoms with Gasteiger partial charge in [-0.05, 0) is 68.8 Å². The first-order valence-electron chi connectivity index (χ1n) is 10.4. The Kier molecular flexibility index (Phi) is 9.68. The highest BCUT2D eigenvalue weighted by molar-refractivity contribution is 5.66. The molecule has 0 aliphatic heterocycles. The largest absolute Gasteiger partial charge is 0.481 e. The van der Waals surface area contributed by atoms with Gasteiger partial charge in [0.1, 0.15) is 0 Å². The summed E-state index contributed by atoms with van der Waals surface area (Å²) >= 11 is 0. The number of carbonyl (C=O) groups is 1. The van der Waals surface area contributed by atoms with Crippen molar-refractivity contribution in [3.63, 3.8) is 0 Å². The topological polar surface area (TPSA) is 98.0 Å². The molecule has 0 heterocycles. The van der Waals surface area contributed by atoms with E-state index in [4.69, 9.17) is 5.11 Å². The van der Waals surface area contributed by atoms with Crippen LogP contribution in [0.5, 0.6) is 0 Å². The molecule has 0 radical (unpaired) electrons. The number of hydrogen-bond donors (Lipinski definition) is 4. The van der Waals surface area contributed by atoms with Crippen molar-refractivity contribution < 1.29 is 25.2 Å². The average molecular weight is 391 g/mol. The maximum Gasteiger partial charge on any atom is 0.303 e. The van der Waals surface area contributed by atoms with Crippen molar-refractivity contribution in [2.75, 3.05) is 0 Å². The fourth-order valence-corrected chi connectivity index (χ4v) is 4.13. The molecule has 156 valence electrons. The van der Waals surface area contributed by atoms with E-state index in [1.165, 1.54) is 5.56 Å². The number of carboxylic acid groups (broad SMARTS) is 1. The number of unbranched alkanes of at least 4 members (excludes halogenated alkanes) is 1. The zero-order valence-electron chi connectivity index (χ0n) is 16.5. The third-order valence-electron chi connectivity index (χ3n) is 5.79. The lowest BCUT2D eigenvalue weighted by molar-refractivity contribution is -0.137. The van der Waals surface area contributed by atoms with Gasteiger partial charge < -0.3 is 20.4 Å². The number of aliphatic carboxylic acids is 1. The molecule has 1 aliphatic rings. The molecule has 5 atom stereocenters. The summed E-state index contributed by atoms with van der Waals surface area (Å²) in [5.74, 6) is -0.589. The minimum atomic E-state index is -0.777. The number of benzene rings is 1. The minimum absolute atomic E-state index is 0.00922. The first-order valence-corrected chi connectivity index (χ1v) is 10.4. The third kappa shape index (κ3) is 7.74. The number of aliphatic hydroxyl groups is 3. The first kappa shape index (κ1) is 22.6. The Bertz CT molecular complexity index is 600. The second-order valence-electron chi connectivity index (χ2n) is 7.97. The van der Waals surface area contributed by atoms with Crippen LogP contribution in [-0.2, 0) is 11.2 Å². The van der Waals surface area contributed by atoms with Gasteiger partial charge in [0.15, 0.2) is 0 Å². The van der Waals surface area contributed by atoms with Crippen LogP contribution >= 0.6 is 0 Å². The van der Waals surface area contributed by atoms with Gasteiger partial charge in [0.05, 0.1) is 18.3 Å².